The number of methoxy groups -OCH3 is 2. The lowest BCUT2D eigenvalue weighted by molar-refractivity contribution is -0.297. The van der Waals surface area contributed by atoms with Crippen LogP contribution in [0.1, 0.15) is 37.8 Å². The highest BCUT2D eigenvalue weighted by Crippen LogP contribution is 2.42. The van der Waals surface area contributed by atoms with Gasteiger partial charge >= 0.3 is 0 Å². The van der Waals surface area contributed by atoms with Crippen molar-refractivity contribution in [3.63, 3.8) is 0 Å². The first-order valence-corrected chi connectivity index (χ1v) is 16.6. The maximum Gasteiger partial charge on any atom is 0.161 e. The summed E-state index contributed by atoms with van der Waals surface area (Å²) in [5.41, 5.74) is 1.71. The second kappa shape index (κ2) is 16.2. The van der Waals surface area contributed by atoms with Crippen molar-refractivity contribution in [3.8, 4) is 11.5 Å². The Bertz CT molecular complexity index is 1340. The fraction of sp³-hybridized carbons (Fsp3) is 0.471. The zero-order chi connectivity index (χ0) is 31.9. The molecule has 0 radical (unpaired) electrons. The molecule has 5 rings (SSSR count). The van der Waals surface area contributed by atoms with Gasteiger partial charge in [0.05, 0.1) is 61.9 Å². The van der Waals surface area contributed by atoms with E-state index in [-0.39, 0.29) is 17.6 Å². The highest BCUT2D eigenvalue weighted by molar-refractivity contribution is 8.00. The van der Waals surface area contributed by atoms with E-state index in [1.165, 1.54) is 11.8 Å². The molecule has 2 heterocycles. The zero-order valence-corrected chi connectivity index (χ0v) is 28.1. The van der Waals surface area contributed by atoms with Crippen LogP contribution < -0.4 is 9.47 Å². The maximum atomic E-state index is 10.9. The van der Waals surface area contributed by atoms with E-state index >= 15 is 0 Å². The third-order valence-corrected chi connectivity index (χ3v) is 10.1. The van der Waals surface area contributed by atoms with Gasteiger partial charge in [0.25, 0.3) is 0 Å². The van der Waals surface area contributed by atoms with E-state index in [0.717, 1.165) is 27.5 Å². The van der Waals surface area contributed by atoms with E-state index in [1.54, 1.807) is 14.2 Å². The van der Waals surface area contributed by atoms with E-state index in [1.807, 2.05) is 80.6 Å². The lowest BCUT2D eigenvalue weighted by Gasteiger charge is -2.44. The summed E-state index contributed by atoms with van der Waals surface area (Å²) in [6, 6.07) is 20.9. The van der Waals surface area contributed by atoms with Crippen molar-refractivity contribution in [1.82, 2.24) is 0 Å². The minimum Gasteiger partial charge on any atom is -0.497 e. The summed E-state index contributed by atoms with van der Waals surface area (Å²) in [7, 11) is 3.27. The molecule has 2 aliphatic rings. The first-order chi connectivity index (χ1) is 21.7. The zero-order valence-electron chi connectivity index (χ0n) is 25.8. The Morgan fingerprint density at radius 3 is 1.87 bits per heavy atom. The minimum absolute atomic E-state index is 0.272. The fourth-order valence-corrected chi connectivity index (χ4v) is 7.25. The van der Waals surface area contributed by atoms with Gasteiger partial charge in [0.15, 0.2) is 6.29 Å². The Morgan fingerprint density at radius 1 is 0.756 bits per heavy atom. The molecule has 1 N–H and O–H groups in total. The number of aliphatic hydroxyl groups is 1. The van der Waals surface area contributed by atoms with Gasteiger partial charge in [-0.15, -0.1) is 0 Å². The van der Waals surface area contributed by atoms with Crippen molar-refractivity contribution in [2.75, 3.05) is 14.2 Å². The van der Waals surface area contributed by atoms with Gasteiger partial charge in [-0.3, -0.25) is 0 Å². The highest BCUT2D eigenvalue weighted by Gasteiger charge is 2.43. The van der Waals surface area contributed by atoms with Crippen LogP contribution in [0.15, 0.2) is 71.6 Å². The van der Waals surface area contributed by atoms with Crippen LogP contribution in [0.5, 0.6) is 11.5 Å². The molecule has 0 amide bonds. The van der Waals surface area contributed by atoms with Gasteiger partial charge in [-0.1, -0.05) is 65.3 Å². The molecule has 0 spiro atoms. The lowest BCUT2D eigenvalue weighted by Crippen LogP contribution is -2.54. The van der Waals surface area contributed by atoms with Crippen LogP contribution in [0.2, 0.25) is 10.0 Å². The minimum atomic E-state index is -0.800. The predicted molar refractivity (Wildman–Crippen MR) is 174 cm³/mol. The molecular formula is C34H40Cl2O8S. The number of rotatable bonds is 12. The quantitative estimate of drug-likeness (QED) is 0.212. The average molecular weight is 680 g/mol. The second-order valence-electron chi connectivity index (χ2n) is 11.2. The summed E-state index contributed by atoms with van der Waals surface area (Å²) in [5.74, 6) is 1.55. The van der Waals surface area contributed by atoms with Gasteiger partial charge in [0, 0.05) is 17.7 Å². The molecule has 2 fully saturated rings. The summed E-state index contributed by atoms with van der Waals surface area (Å²) < 4.78 is 42.4. The normalized spacial score (nSPS) is 28.5. The lowest BCUT2D eigenvalue weighted by atomic mass is 10.0. The van der Waals surface area contributed by atoms with Gasteiger partial charge < -0.3 is 38.3 Å². The molecule has 0 saturated carbocycles. The summed E-state index contributed by atoms with van der Waals surface area (Å²) in [5, 5.41) is 12.0. The third kappa shape index (κ3) is 9.06. The summed E-state index contributed by atoms with van der Waals surface area (Å²) >= 11 is 14.4. The molecule has 2 aliphatic heterocycles. The van der Waals surface area contributed by atoms with Crippen LogP contribution in [-0.4, -0.2) is 67.7 Å². The van der Waals surface area contributed by atoms with E-state index < -0.39 is 30.7 Å². The van der Waals surface area contributed by atoms with Gasteiger partial charge in [-0.2, -0.15) is 0 Å². The average Bonchev–Trinajstić information content (AvgIpc) is 3.04. The molecule has 0 aromatic heterocycles. The summed E-state index contributed by atoms with van der Waals surface area (Å²) in [6.07, 6.45) is -2.65. The van der Waals surface area contributed by atoms with Crippen molar-refractivity contribution in [1.29, 1.82) is 0 Å². The first-order valence-electron chi connectivity index (χ1n) is 15.0. The molecule has 3 aromatic rings. The number of thioether (sulfide) groups is 1. The van der Waals surface area contributed by atoms with Gasteiger partial charge in [0.2, 0.25) is 0 Å². The van der Waals surface area contributed by atoms with Gasteiger partial charge in [-0.25, -0.2) is 0 Å². The van der Waals surface area contributed by atoms with Crippen molar-refractivity contribution < 1.29 is 38.3 Å². The number of hydrogen-bond donors (Lipinski definition) is 1. The van der Waals surface area contributed by atoms with E-state index in [9.17, 15) is 5.11 Å². The predicted octanol–water partition coefficient (Wildman–Crippen LogP) is 7.29. The third-order valence-electron chi connectivity index (χ3n) is 8.00. The Labute approximate surface area is 279 Å². The second-order valence-corrected chi connectivity index (χ2v) is 13.2. The molecule has 11 heteroatoms. The van der Waals surface area contributed by atoms with Crippen LogP contribution in [-0.2, 0) is 36.9 Å². The molecule has 0 aliphatic carbocycles. The Morgan fingerprint density at radius 2 is 1.31 bits per heavy atom. The number of aliphatic hydroxyl groups excluding tert-OH is 1. The molecule has 0 bridgehead atoms. The van der Waals surface area contributed by atoms with Crippen LogP contribution in [0.4, 0.5) is 0 Å². The highest BCUT2D eigenvalue weighted by atomic mass is 35.5. The Kier molecular flexibility index (Phi) is 12.3. The number of ether oxygens (including phenoxy) is 7. The van der Waals surface area contributed by atoms with Crippen LogP contribution in [0, 0.1) is 0 Å². The van der Waals surface area contributed by atoms with E-state index in [2.05, 4.69) is 0 Å². The number of benzene rings is 3. The van der Waals surface area contributed by atoms with Crippen molar-refractivity contribution in [2.24, 2.45) is 0 Å². The monoisotopic (exact) mass is 678 g/mol. The van der Waals surface area contributed by atoms with Gasteiger partial charge in [-0.05, 0) is 61.4 Å². The molecule has 244 valence electrons. The van der Waals surface area contributed by atoms with Crippen molar-refractivity contribution >= 4 is 35.0 Å². The number of halogens is 2. The largest absolute Gasteiger partial charge is 0.497 e. The molecule has 8 nitrogen and oxygen atoms in total. The fourth-order valence-electron chi connectivity index (χ4n) is 5.45. The molecule has 2 saturated heterocycles. The molecule has 45 heavy (non-hydrogen) atoms. The number of hydrogen-bond acceptors (Lipinski definition) is 9. The SMILES string of the molecule is COc1ccc(CO[C@H]2C[C@H](O[C@@H]3[C@H](C)O[C@@H](Sc4c(Cl)cccc4Cl)C[C@@H]3OCc3ccc(OC)cc3)O[C@@H](C)[C@H]2O)cc1. The van der Waals surface area contributed by atoms with E-state index in [0.29, 0.717) is 36.1 Å². The Hall–Kier alpha value is -2.05. The van der Waals surface area contributed by atoms with Crippen molar-refractivity contribution in [3.05, 3.63) is 87.9 Å². The topological polar surface area (TPSA) is 84.8 Å². The molecular weight excluding hydrogens is 639 g/mol. The maximum absolute atomic E-state index is 10.9. The van der Waals surface area contributed by atoms with E-state index in [4.69, 9.17) is 56.4 Å². The summed E-state index contributed by atoms with van der Waals surface area (Å²) in [6.45, 7) is 4.50. The molecule has 8 atom stereocenters. The molecule has 0 unspecified atom stereocenters. The summed E-state index contributed by atoms with van der Waals surface area (Å²) in [4.78, 5) is 0.765. The standard InChI is InChI=1S/C34H40Cl2O8S/c1-20-32(37)28(40-18-22-8-12-24(38-3)13-9-22)16-30(42-20)44-33-21(2)43-31(45-34-26(35)6-5-7-27(34)36)17-29(33)41-19-23-10-14-25(39-4)15-11-23/h5-15,20-21,28-33,37H,16-19H2,1-4H3/t20-,21-,28-,29-,30-,31-,32+,33+/m0/s1. The van der Waals surface area contributed by atoms with Crippen LogP contribution >= 0.6 is 35.0 Å². The smallest absolute Gasteiger partial charge is 0.161 e. The van der Waals surface area contributed by atoms with Crippen LogP contribution in [0.25, 0.3) is 0 Å². The molecule has 3 aromatic carbocycles. The Balaban J connectivity index is 1.28. The van der Waals surface area contributed by atoms with Crippen LogP contribution in [0.3, 0.4) is 0 Å². The van der Waals surface area contributed by atoms with Crippen molar-refractivity contribution in [2.45, 2.75) is 93.1 Å². The first kappa shape index (κ1) is 34.3. The van der Waals surface area contributed by atoms with Gasteiger partial charge in [0.1, 0.15) is 29.1 Å².